The second-order valence-corrected chi connectivity index (χ2v) is 7.70. The highest BCUT2D eigenvalue weighted by Gasteiger charge is 2.22. The lowest BCUT2D eigenvalue weighted by atomic mass is 10.0. The number of aromatic hydroxyl groups is 1. The van der Waals surface area contributed by atoms with Crippen molar-refractivity contribution in [2.45, 2.75) is 56.8 Å². The molecule has 0 saturated carbocycles. The summed E-state index contributed by atoms with van der Waals surface area (Å²) in [4.78, 5) is -0.197. The molecule has 0 heterocycles. The van der Waals surface area contributed by atoms with Crippen molar-refractivity contribution < 1.29 is 22.8 Å². The average Bonchev–Trinajstić information content (AvgIpc) is 2.57. The molecule has 2 aromatic rings. The maximum Gasteiger partial charge on any atom is 0.298 e. The second-order valence-electron chi connectivity index (χ2n) is 6.34. The van der Waals surface area contributed by atoms with Gasteiger partial charge in [-0.3, -0.25) is 4.55 Å². The van der Waals surface area contributed by atoms with Gasteiger partial charge in [0.25, 0.3) is 10.1 Å². The summed E-state index contributed by atoms with van der Waals surface area (Å²) in [6.45, 7) is 2.16. The predicted octanol–water partition coefficient (Wildman–Crippen LogP) is 5.33. The average molecular weight is 378 g/mol. The van der Waals surface area contributed by atoms with Gasteiger partial charge in [-0.25, -0.2) is 0 Å². The number of phenolic OH excluding ortho intramolecular Hbond substituents is 1. The first-order valence-corrected chi connectivity index (χ1v) is 10.4. The molecule has 0 unspecified atom stereocenters. The van der Waals surface area contributed by atoms with E-state index in [1.165, 1.54) is 37.5 Å². The minimum Gasteiger partial charge on any atom is -0.508 e. The normalized spacial score (nSPS) is 11.5. The zero-order valence-electron chi connectivity index (χ0n) is 15.0. The molecule has 0 aliphatic heterocycles. The van der Waals surface area contributed by atoms with Crippen LogP contribution in [-0.2, 0) is 16.5 Å². The molecule has 0 aliphatic carbocycles. The molecule has 2 rings (SSSR count). The molecule has 0 aliphatic rings. The van der Waals surface area contributed by atoms with Crippen molar-refractivity contribution in [3.05, 3.63) is 48.0 Å². The van der Waals surface area contributed by atoms with Gasteiger partial charge in [-0.2, -0.15) is 8.42 Å². The molecule has 0 aromatic heterocycles. The molecule has 6 heteroatoms. The van der Waals surface area contributed by atoms with E-state index < -0.39 is 10.1 Å². The Bertz CT molecular complexity index is 815. The zero-order valence-corrected chi connectivity index (χ0v) is 15.8. The summed E-state index contributed by atoms with van der Waals surface area (Å²) in [5, 5.41) is 9.53. The van der Waals surface area contributed by atoms with Gasteiger partial charge in [-0.15, -0.1) is 0 Å². The summed E-state index contributed by atoms with van der Waals surface area (Å²) in [6.07, 6.45) is 7.12. The Balaban J connectivity index is 2.18. The van der Waals surface area contributed by atoms with Crippen molar-refractivity contribution in [3.8, 4) is 17.2 Å². The van der Waals surface area contributed by atoms with E-state index >= 15 is 0 Å². The predicted molar refractivity (Wildman–Crippen MR) is 102 cm³/mol. The molecule has 0 fully saturated rings. The number of aryl methyl sites for hydroxylation is 1. The molecule has 0 atom stereocenters. The van der Waals surface area contributed by atoms with Crippen LogP contribution in [0.3, 0.4) is 0 Å². The summed E-state index contributed by atoms with van der Waals surface area (Å²) in [7, 11) is -4.43. The van der Waals surface area contributed by atoms with E-state index in [2.05, 4.69) is 6.92 Å². The third-order valence-corrected chi connectivity index (χ3v) is 5.14. The summed E-state index contributed by atoms with van der Waals surface area (Å²) < 4.78 is 39.2. The van der Waals surface area contributed by atoms with Crippen LogP contribution in [0.2, 0.25) is 0 Å². The Morgan fingerprint density at radius 2 is 1.65 bits per heavy atom. The molecule has 2 N–H and O–H groups in total. The van der Waals surface area contributed by atoms with Crippen LogP contribution in [0, 0.1) is 0 Å². The summed E-state index contributed by atoms with van der Waals surface area (Å²) in [5.74, 6) is 0.368. The summed E-state index contributed by atoms with van der Waals surface area (Å²) in [6, 6.07) is 11.0. The zero-order chi connectivity index (χ0) is 19.0. The van der Waals surface area contributed by atoms with Crippen LogP contribution in [0.4, 0.5) is 0 Å². The Labute approximate surface area is 155 Å². The molecule has 0 bridgehead atoms. The highest BCUT2D eigenvalue weighted by molar-refractivity contribution is 7.86. The SMILES string of the molecule is CCCCCCCCc1cccc(Oc2cccc(O)c2)c1S(=O)(=O)O. The number of hydrogen-bond acceptors (Lipinski definition) is 4. The number of phenols is 1. The van der Waals surface area contributed by atoms with E-state index in [0.29, 0.717) is 17.7 Å². The van der Waals surface area contributed by atoms with Gasteiger partial charge in [0.1, 0.15) is 22.1 Å². The van der Waals surface area contributed by atoms with E-state index in [1.807, 2.05) is 0 Å². The fourth-order valence-electron chi connectivity index (χ4n) is 2.90. The van der Waals surface area contributed by atoms with Crippen LogP contribution >= 0.6 is 0 Å². The third kappa shape index (κ3) is 6.04. The van der Waals surface area contributed by atoms with Crippen molar-refractivity contribution in [1.82, 2.24) is 0 Å². The minimum absolute atomic E-state index is 0.0131. The van der Waals surface area contributed by atoms with E-state index in [9.17, 15) is 18.1 Å². The Kier molecular flexibility index (Phi) is 7.48. The smallest absolute Gasteiger partial charge is 0.298 e. The van der Waals surface area contributed by atoms with E-state index in [4.69, 9.17) is 4.74 Å². The topological polar surface area (TPSA) is 83.8 Å². The molecular formula is C20H26O5S. The molecule has 2 aromatic carbocycles. The van der Waals surface area contributed by atoms with Crippen molar-refractivity contribution in [1.29, 1.82) is 0 Å². The van der Waals surface area contributed by atoms with Crippen LogP contribution in [0.15, 0.2) is 47.4 Å². The van der Waals surface area contributed by atoms with Gasteiger partial charge in [0.15, 0.2) is 0 Å². The van der Waals surface area contributed by atoms with Gasteiger partial charge in [0.2, 0.25) is 0 Å². The lowest BCUT2D eigenvalue weighted by Gasteiger charge is -2.13. The molecule has 0 radical (unpaired) electrons. The number of rotatable bonds is 10. The van der Waals surface area contributed by atoms with Gasteiger partial charge in [0.05, 0.1) is 0 Å². The minimum atomic E-state index is -4.43. The quantitative estimate of drug-likeness (QED) is 0.431. The van der Waals surface area contributed by atoms with Crippen LogP contribution in [0.25, 0.3) is 0 Å². The standard InChI is InChI=1S/C20H26O5S/c1-2-3-4-5-6-7-10-16-11-8-14-19(20(16)26(22,23)24)25-18-13-9-12-17(21)15-18/h8-9,11-15,21H,2-7,10H2,1H3,(H,22,23,24). The van der Waals surface area contributed by atoms with E-state index in [0.717, 1.165) is 19.3 Å². The Hall–Kier alpha value is -2.05. The summed E-state index contributed by atoms with van der Waals surface area (Å²) in [5.41, 5.74) is 0.542. The lowest BCUT2D eigenvalue weighted by molar-refractivity contribution is 0.438. The Morgan fingerprint density at radius 3 is 2.35 bits per heavy atom. The van der Waals surface area contributed by atoms with Gasteiger partial charge in [-0.1, -0.05) is 57.2 Å². The highest BCUT2D eigenvalue weighted by Crippen LogP contribution is 2.33. The largest absolute Gasteiger partial charge is 0.508 e. The highest BCUT2D eigenvalue weighted by atomic mass is 32.2. The van der Waals surface area contributed by atoms with Crippen LogP contribution in [0.1, 0.15) is 51.0 Å². The fourth-order valence-corrected chi connectivity index (χ4v) is 3.77. The molecule has 5 nitrogen and oxygen atoms in total. The van der Waals surface area contributed by atoms with Gasteiger partial charge in [-0.05, 0) is 36.6 Å². The molecule has 142 valence electrons. The van der Waals surface area contributed by atoms with Crippen molar-refractivity contribution >= 4 is 10.1 Å². The van der Waals surface area contributed by atoms with Crippen molar-refractivity contribution in [2.24, 2.45) is 0 Å². The van der Waals surface area contributed by atoms with Gasteiger partial charge in [0, 0.05) is 6.07 Å². The number of ether oxygens (including phenoxy) is 1. The van der Waals surface area contributed by atoms with Gasteiger partial charge < -0.3 is 9.84 Å². The van der Waals surface area contributed by atoms with E-state index in [1.54, 1.807) is 24.3 Å². The first kappa shape index (κ1) is 20.3. The van der Waals surface area contributed by atoms with Crippen LogP contribution in [0.5, 0.6) is 17.2 Å². The molecular weight excluding hydrogens is 352 g/mol. The molecule has 0 saturated heterocycles. The maximum atomic E-state index is 11.9. The van der Waals surface area contributed by atoms with Gasteiger partial charge >= 0.3 is 0 Å². The molecule has 0 spiro atoms. The lowest BCUT2D eigenvalue weighted by Crippen LogP contribution is -2.06. The molecule has 0 amide bonds. The number of unbranched alkanes of at least 4 members (excludes halogenated alkanes) is 5. The van der Waals surface area contributed by atoms with Crippen LogP contribution in [-0.4, -0.2) is 18.1 Å². The van der Waals surface area contributed by atoms with Crippen molar-refractivity contribution in [3.63, 3.8) is 0 Å². The van der Waals surface area contributed by atoms with Crippen LogP contribution < -0.4 is 4.74 Å². The Morgan fingerprint density at radius 1 is 0.962 bits per heavy atom. The maximum absolute atomic E-state index is 11.9. The fraction of sp³-hybridized carbons (Fsp3) is 0.400. The third-order valence-electron chi connectivity index (χ3n) is 4.16. The molecule has 26 heavy (non-hydrogen) atoms. The first-order chi connectivity index (χ1) is 12.4. The first-order valence-electron chi connectivity index (χ1n) is 8.98. The number of hydrogen-bond donors (Lipinski definition) is 2. The van der Waals surface area contributed by atoms with Crippen molar-refractivity contribution in [2.75, 3.05) is 0 Å². The monoisotopic (exact) mass is 378 g/mol. The van der Waals surface area contributed by atoms with E-state index in [-0.39, 0.29) is 16.4 Å². The second kappa shape index (κ2) is 9.59. The number of benzene rings is 2. The summed E-state index contributed by atoms with van der Waals surface area (Å²) >= 11 is 0.